The first kappa shape index (κ1) is 23.8. The Morgan fingerprint density at radius 3 is 2.47 bits per heavy atom. The molecule has 34 heavy (non-hydrogen) atoms. The summed E-state index contributed by atoms with van der Waals surface area (Å²) >= 11 is 0. The first-order chi connectivity index (χ1) is 16.3. The monoisotopic (exact) mass is 471 g/mol. The van der Waals surface area contributed by atoms with Crippen LogP contribution in [0.4, 0.5) is 23.7 Å². The largest absolute Gasteiger partial charge is 0.416 e. The molecule has 3 aromatic rings. The van der Waals surface area contributed by atoms with Gasteiger partial charge in [-0.3, -0.25) is 9.80 Å². The van der Waals surface area contributed by atoms with E-state index in [1.807, 2.05) is 30.3 Å². The normalized spacial score (nSPS) is 16.3. The molecule has 0 aliphatic carbocycles. The molecular formula is C25H28F3N5O. The van der Waals surface area contributed by atoms with E-state index >= 15 is 0 Å². The van der Waals surface area contributed by atoms with E-state index < -0.39 is 17.8 Å². The number of H-pyrrole nitrogens is 1. The molecule has 1 unspecified atom stereocenters. The van der Waals surface area contributed by atoms with E-state index in [0.29, 0.717) is 31.5 Å². The number of amides is 2. The molecule has 1 aliphatic heterocycles. The number of aryl methyl sites for hydroxylation is 1. The van der Waals surface area contributed by atoms with Crippen LogP contribution >= 0.6 is 0 Å². The van der Waals surface area contributed by atoms with Crippen molar-refractivity contribution in [2.45, 2.75) is 38.0 Å². The highest BCUT2D eigenvalue weighted by Gasteiger charge is 2.36. The number of nitrogens with zero attached hydrogens (tertiary/aromatic N) is 3. The van der Waals surface area contributed by atoms with E-state index in [9.17, 15) is 18.0 Å². The minimum Gasteiger partial charge on any atom is -0.347 e. The van der Waals surface area contributed by atoms with Crippen molar-refractivity contribution >= 4 is 11.7 Å². The number of carbonyl (C=O) groups is 1. The van der Waals surface area contributed by atoms with E-state index in [2.05, 4.69) is 20.2 Å². The van der Waals surface area contributed by atoms with E-state index in [1.54, 1.807) is 24.2 Å². The highest BCUT2D eigenvalue weighted by molar-refractivity contribution is 5.92. The number of urea groups is 1. The fraction of sp³-hybridized carbons (Fsp3) is 0.360. The van der Waals surface area contributed by atoms with Crippen molar-refractivity contribution in [1.82, 2.24) is 20.2 Å². The quantitative estimate of drug-likeness (QED) is 0.542. The van der Waals surface area contributed by atoms with Crippen LogP contribution in [0.2, 0.25) is 0 Å². The number of halogens is 3. The first-order valence-electron chi connectivity index (χ1n) is 11.3. The molecule has 6 nitrogen and oxygen atoms in total. The zero-order chi connectivity index (χ0) is 24.3. The number of aromatic nitrogens is 2. The summed E-state index contributed by atoms with van der Waals surface area (Å²) in [4.78, 5) is 23.8. The maximum Gasteiger partial charge on any atom is 0.416 e. The number of rotatable bonds is 5. The Bertz CT molecular complexity index is 1090. The van der Waals surface area contributed by atoms with Crippen LogP contribution in [0.15, 0.2) is 61.1 Å². The average molecular weight is 472 g/mol. The number of anilines is 1. The summed E-state index contributed by atoms with van der Waals surface area (Å²) in [7, 11) is 1.61. The van der Waals surface area contributed by atoms with Crippen molar-refractivity contribution < 1.29 is 18.0 Å². The van der Waals surface area contributed by atoms with Crippen LogP contribution < -0.4 is 10.2 Å². The molecule has 1 saturated heterocycles. The van der Waals surface area contributed by atoms with Gasteiger partial charge < -0.3 is 10.3 Å². The van der Waals surface area contributed by atoms with Crippen LogP contribution in [0, 0.1) is 6.92 Å². The number of hydrogen-bond donors (Lipinski definition) is 2. The van der Waals surface area contributed by atoms with Crippen molar-refractivity contribution in [2.24, 2.45) is 0 Å². The predicted molar refractivity (Wildman–Crippen MR) is 125 cm³/mol. The number of aromatic amines is 1. The molecule has 2 aromatic carbocycles. The summed E-state index contributed by atoms with van der Waals surface area (Å²) in [6.45, 7) is 2.70. The molecule has 180 valence electrons. The number of para-hydroxylation sites is 1. The maximum atomic E-state index is 13.6. The average Bonchev–Trinajstić information content (AvgIpc) is 3.35. The highest BCUT2D eigenvalue weighted by Crippen LogP contribution is 2.37. The molecule has 0 saturated carbocycles. The summed E-state index contributed by atoms with van der Waals surface area (Å²) in [6, 6.07) is 13.4. The van der Waals surface area contributed by atoms with Crippen molar-refractivity contribution in [1.29, 1.82) is 0 Å². The minimum absolute atomic E-state index is 0.0234. The second-order valence-electron chi connectivity index (χ2n) is 8.51. The SMILES string of the molecule is CNC(=O)N(c1ccccc1)C1CCN(C(c2ccc(C)c(C(F)(F)F)c2)c2cnc[nH]2)CC1. The number of likely N-dealkylation sites (tertiary alicyclic amines) is 1. The lowest BCUT2D eigenvalue weighted by Gasteiger charge is -2.41. The van der Waals surface area contributed by atoms with Crippen molar-refractivity contribution in [2.75, 3.05) is 25.0 Å². The van der Waals surface area contributed by atoms with E-state index in [1.165, 1.54) is 25.4 Å². The summed E-state index contributed by atoms with van der Waals surface area (Å²) < 4.78 is 40.8. The lowest BCUT2D eigenvalue weighted by atomic mass is 9.94. The second kappa shape index (κ2) is 9.89. The highest BCUT2D eigenvalue weighted by atomic mass is 19.4. The van der Waals surface area contributed by atoms with Gasteiger partial charge in [-0.2, -0.15) is 13.2 Å². The van der Waals surface area contributed by atoms with E-state index in [-0.39, 0.29) is 17.6 Å². The minimum atomic E-state index is -4.42. The third kappa shape index (κ3) is 4.94. The van der Waals surface area contributed by atoms with Gasteiger partial charge in [0.25, 0.3) is 0 Å². The summed E-state index contributed by atoms with van der Waals surface area (Å²) in [5.41, 5.74) is 1.69. The van der Waals surface area contributed by atoms with Gasteiger partial charge >= 0.3 is 12.2 Å². The smallest absolute Gasteiger partial charge is 0.347 e. The molecule has 1 fully saturated rings. The molecule has 0 radical (unpaired) electrons. The third-order valence-electron chi connectivity index (χ3n) is 6.39. The predicted octanol–water partition coefficient (Wildman–Crippen LogP) is 5.14. The summed E-state index contributed by atoms with van der Waals surface area (Å²) in [5.74, 6) is 0. The van der Waals surface area contributed by atoms with Crippen LogP contribution in [-0.2, 0) is 6.18 Å². The number of nitrogens with one attached hydrogen (secondary N) is 2. The second-order valence-corrected chi connectivity index (χ2v) is 8.51. The summed E-state index contributed by atoms with van der Waals surface area (Å²) in [6.07, 6.45) is 0.145. The number of piperidine rings is 1. The Morgan fingerprint density at radius 1 is 1.18 bits per heavy atom. The number of benzene rings is 2. The Kier molecular flexibility index (Phi) is 6.92. The molecule has 2 heterocycles. The van der Waals surface area contributed by atoms with Crippen LogP contribution in [0.1, 0.15) is 41.3 Å². The molecular weight excluding hydrogens is 443 g/mol. The Balaban J connectivity index is 1.60. The standard InChI is InChI=1S/C25H28F3N5O/c1-17-8-9-18(14-21(17)25(26,27)28)23(22-15-30-16-31-22)32-12-10-20(11-13-32)33(24(34)29-2)19-6-4-3-5-7-19/h3-9,14-16,20,23H,10-13H2,1-2H3,(H,29,34)(H,30,31). The Morgan fingerprint density at radius 2 is 1.88 bits per heavy atom. The van der Waals surface area contributed by atoms with Gasteiger partial charge in [0, 0.05) is 38.1 Å². The number of hydrogen-bond acceptors (Lipinski definition) is 3. The van der Waals surface area contributed by atoms with Crippen molar-refractivity contribution in [3.05, 3.63) is 83.4 Å². The zero-order valence-corrected chi connectivity index (χ0v) is 19.1. The zero-order valence-electron chi connectivity index (χ0n) is 19.1. The van der Waals surface area contributed by atoms with Gasteiger partial charge in [0.05, 0.1) is 23.6 Å². The third-order valence-corrected chi connectivity index (χ3v) is 6.39. The fourth-order valence-electron chi connectivity index (χ4n) is 4.72. The lowest BCUT2D eigenvalue weighted by molar-refractivity contribution is -0.138. The number of alkyl halides is 3. The summed E-state index contributed by atoms with van der Waals surface area (Å²) in [5, 5.41) is 2.72. The molecule has 0 spiro atoms. The molecule has 2 N–H and O–H groups in total. The molecule has 1 aliphatic rings. The van der Waals surface area contributed by atoms with Gasteiger partial charge in [-0.25, -0.2) is 9.78 Å². The molecule has 9 heteroatoms. The van der Waals surface area contributed by atoms with Gasteiger partial charge in [-0.15, -0.1) is 0 Å². The molecule has 2 amide bonds. The maximum absolute atomic E-state index is 13.6. The van der Waals surface area contributed by atoms with Crippen LogP contribution in [0.3, 0.4) is 0 Å². The number of carbonyl (C=O) groups excluding carboxylic acids is 1. The van der Waals surface area contributed by atoms with Crippen LogP contribution in [0.25, 0.3) is 0 Å². The van der Waals surface area contributed by atoms with Gasteiger partial charge in [0.1, 0.15) is 0 Å². The Hall–Kier alpha value is -3.33. The first-order valence-corrected chi connectivity index (χ1v) is 11.3. The van der Waals surface area contributed by atoms with Crippen LogP contribution in [0.5, 0.6) is 0 Å². The van der Waals surface area contributed by atoms with E-state index in [4.69, 9.17) is 0 Å². The van der Waals surface area contributed by atoms with Gasteiger partial charge in [0.15, 0.2) is 0 Å². The Labute approximate surface area is 196 Å². The molecule has 0 bridgehead atoms. The number of imidazole rings is 1. The van der Waals surface area contributed by atoms with Gasteiger partial charge in [-0.1, -0.05) is 30.3 Å². The van der Waals surface area contributed by atoms with Crippen molar-refractivity contribution in [3.63, 3.8) is 0 Å². The van der Waals surface area contributed by atoms with Crippen LogP contribution in [-0.4, -0.2) is 47.1 Å². The van der Waals surface area contributed by atoms with Gasteiger partial charge in [-0.05, 0) is 49.1 Å². The fourth-order valence-corrected chi connectivity index (χ4v) is 4.72. The van der Waals surface area contributed by atoms with Gasteiger partial charge in [0.2, 0.25) is 0 Å². The topological polar surface area (TPSA) is 64.3 Å². The molecule has 4 rings (SSSR count). The van der Waals surface area contributed by atoms with E-state index in [0.717, 1.165) is 11.4 Å². The van der Waals surface area contributed by atoms with Crippen molar-refractivity contribution in [3.8, 4) is 0 Å². The molecule has 1 aromatic heterocycles. The molecule has 1 atom stereocenters. The lowest BCUT2D eigenvalue weighted by Crippen LogP contribution is -2.51.